The Hall–Kier alpha value is -3.08. The zero-order chi connectivity index (χ0) is 22.3. The van der Waals surface area contributed by atoms with Gasteiger partial charge in [-0.1, -0.05) is 60.9 Å². The van der Waals surface area contributed by atoms with E-state index >= 15 is 0 Å². The van der Waals surface area contributed by atoms with Crippen molar-refractivity contribution < 1.29 is 9.59 Å². The van der Waals surface area contributed by atoms with E-state index in [-0.39, 0.29) is 17.9 Å². The van der Waals surface area contributed by atoms with E-state index in [1.54, 1.807) is 0 Å². The Balaban J connectivity index is 1.50. The van der Waals surface area contributed by atoms with Crippen LogP contribution in [0.5, 0.6) is 0 Å². The summed E-state index contributed by atoms with van der Waals surface area (Å²) in [6, 6.07) is 18.6. The second-order valence-electron chi connectivity index (χ2n) is 9.60. The smallest absolute Gasteiger partial charge is 0.271 e. The van der Waals surface area contributed by atoms with Crippen LogP contribution in [-0.4, -0.2) is 39.4 Å². The first-order chi connectivity index (χ1) is 15.5. The number of para-hydroxylation sites is 1. The molecule has 1 aliphatic heterocycles. The minimum Gasteiger partial charge on any atom is -0.351 e. The molecule has 3 aromatic rings. The van der Waals surface area contributed by atoms with E-state index in [0.29, 0.717) is 18.8 Å². The van der Waals surface area contributed by atoms with Gasteiger partial charge < -0.3 is 14.8 Å². The van der Waals surface area contributed by atoms with Crippen molar-refractivity contribution >= 4 is 22.7 Å². The molecule has 2 amide bonds. The van der Waals surface area contributed by atoms with Crippen molar-refractivity contribution in [3.8, 4) is 0 Å². The number of benzene rings is 2. The van der Waals surface area contributed by atoms with Gasteiger partial charge in [-0.15, -0.1) is 0 Å². The van der Waals surface area contributed by atoms with Gasteiger partial charge in [-0.3, -0.25) is 9.59 Å². The van der Waals surface area contributed by atoms with E-state index in [9.17, 15) is 9.59 Å². The maximum Gasteiger partial charge on any atom is 0.271 e. The molecular weight excluding hydrogens is 398 g/mol. The zero-order valence-corrected chi connectivity index (χ0v) is 18.9. The van der Waals surface area contributed by atoms with Crippen LogP contribution in [0.25, 0.3) is 10.9 Å². The highest BCUT2D eigenvalue weighted by atomic mass is 16.2. The minimum atomic E-state index is -0.931. The molecule has 0 radical (unpaired) electrons. The molecule has 1 N–H and O–H groups in total. The van der Waals surface area contributed by atoms with E-state index in [0.717, 1.165) is 43.0 Å². The summed E-state index contributed by atoms with van der Waals surface area (Å²) in [5.74, 6) is -0.103. The van der Waals surface area contributed by atoms with Crippen LogP contribution in [0.15, 0.2) is 54.6 Å². The number of fused-ring (bicyclic) bond motifs is 3. The zero-order valence-electron chi connectivity index (χ0n) is 18.9. The predicted molar refractivity (Wildman–Crippen MR) is 127 cm³/mol. The van der Waals surface area contributed by atoms with E-state index in [4.69, 9.17) is 0 Å². The number of aromatic nitrogens is 1. The summed E-state index contributed by atoms with van der Waals surface area (Å²) in [6.07, 6.45) is 5.08. The van der Waals surface area contributed by atoms with Crippen molar-refractivity contribution in [3.05, 3.63) is 71.4 Å². The molecule has 5 nitrogen and oxygen atoms in total. The minimum absolute atomic E-state index is 0.0370. The third kappa shape index (κ3) is 3.60. The highest BCUT2D eigenvalue weighted by Crippen LogP contribution is 2.33. The fourth-order valence-corrected chi connectivity index (χ4v) is 5.26. The summed E-state index contributed by atoms with van der Waals surface area (Å²) in [5.41, 5.74) is 3.13. The molecule has 1 aliphatic carbocycles. The Morgan fingerprint density at radius 1 is 1.09 bits per heavy atom. The monoisotopic (exact) mass is 429 g/mol. The maximum absolute atomic E-state index is 13.7. The second kappa shape index (κ2) is 8.12. The third-order valence-electron chi connectivity index (χ3n) is 7.26. The van der Waals surface area contributed by atoms with Crippen molar-refractivity contribution in [2.24, 2.45) is 0 Å². The Morgan fingerprint density at radius 2 is 1.81 bits per heavy atom. The molecule has 1 atom stereocenters. The third-order valence-corrected chi connectivity index (χ3v) is 7.26. The van der Waals surface area contributed by atoms with Gasteiger partial charge in [0.1, 0.15) is 11.2 Å². The van der Waals surface area contributed by atoms with Gasteiger partial charge in [0.2, 0.25) is 5.91 Å². The molecule has 1 fully saturated rings. The standard InChI is InChI=1S/C27H31N3O2/c1-19-11-13-20(14-12-19)15-16-30-25(31)24-17-21-7-3-6-10-23(21)29(24)18-27(30,2)26(32)28-22-8-4-5-9-22/h3,6-7,10-14,17,22H,4-5,8-9,15-16,18H2,1-2H3,(H,28,32)/t27-/m1/s1. The average Bonchev–Trinajstić information content (AvgIpc) is 3.43. The van der Waals surface area contributed by atoms with Crippen LogP contribution < -0.4 is 5.32 Å². The molecule has 5 rings (SSSR count). The van der Waals surface area contributed by atoms with Crippen LogP contribution in [-0.2, 0) is 17.8 Å². The molecule has 32 heavy (non-hydrogen) atoms. The molecule has 1 saturated carbocycles. The van der Waals surface area contributed by atoms with Crippen molar-refractivity contribution in [1.29, 1.82) is 0 Å². The highest BCUT2D eigenvalue weighted by Gasteiger charge is 2.47. The first-order valence-corrected chi connectivity index (χ1v) is 11.7. The van der Waals surface area contributed by atoms with Crippen molar-refractivity contribution in [2.45, 2.75) is 64.1 Å². The van der Waals surface area contributed by atoms with Gasteiger partial charge in [-0.05, 0) is 50.8 Å². The number of carbonyl (C=O) groups excluding carboxylic acids is 2. The van der Waals surface area contributed by atoms with Gasteiger partial charge in [-0.25, -0.2) is 0 Å². The summed E-state index contributed by atoms with van der Waals surface area (Å²) < 4.78 is 2.04. The van der Waals surface area contributed by atoms with Crippen LogP contribution in [0.1, 0.15) is 54.2 Å². The first kappa shape index (κ1) is 20.8. The van der Waals surface area contributed by atoms with Gasteiger partial charge in [-0.2, -0.15) is 0 Å². The van der Waals surface area contributed by atoms with Gasteiger partial charge in [0.05, 0.1) is 6.54 Å². The van der Waals surface area contributed by atoms with Gasteiger partial charge in [0, 0.05) is 23.5 Å². The summed E-state index contributed by atoms with van der Waals surface area (Å²) >= 11 is 0. The Morgan fingerprint density at radius 3 is 2.56 bits per heavy atom. The van der Waals surface area contributed by atoms with Crippen molar-refractivity contribution in [2.75, 3.05) is 6.54 Å². The molecule has 2 aliphatic rings. The summed E-state index contributed by atoms with van der Waals surface area (Å²) in [4.78, 5) is 29.2. The maximum atomic E-state index is 13.7. The summed E-state index contributed by atoms with van der Waals surface area (Å²) in [5, 5.41) is 4.31. The lowest BCUT2D eigenvalue weighted by atomic mass is 9.93. The largest absolute Gasteiger partial charge is 0.351 e. The van der Waals surface area contributed by atoms with Crippen LogP contribution in [0.3, 0.4) is 0 Å². The Bertz CT molecular complexity index is 1160. The molecule has 0 saturated heterocycles. The number of aryl methyl sites for hydroxylation is 1. The average molecular weight is 430 g/mol. The topological polar surface area (TPSA) is 54.3 Å². The van der Waals surface area contributed by atoms with Crippen LogP contribution in [0.2, 0.25) is 0 Å². The van der Waals surface area contributed by atoms with Gasteiger partial charge in [0.15, 0.2) is 0 Å². The quantitative estimate of drug-likeness (QED) is 0.651. The molecule has 1 aromatic heterocycles. The SMILES string of the molecule is Cc1ccc(CCN2C(=O)c3cc4ccccc4n3C[C@]2(C)C(=O)NC2CCCC2)cc1. The lowest BCUT2D eigenvalue weighted by Crippen LogP contribution is -2.65. The fraction of sp³-hybridized carbons (Fsp3) is 0.407. The molecule has 166 valence electrons. The Labute approximate surface area is 189 Å². The Kier molecular flexibility index (Phi) is 5.28. The van der Waals surface area contributed by atoms with E-state index < -0.39 is 5.54 Å². The van der Waals surface area contributed by atoms with E-state index in [2.05, 4.69) is 36.5 Å². The van der Waals surface area contributed by atoms with Crippen molar-refractivity contribution in [1.82, 2.24) is 14.8 Å². The molecule has 0 spiro atoms. The molecule has 2 heterocycles. The number of carbonyl (C=O) groups is 2. The number of nitrogens with one attached hydrogen (secondary N) is 1. The molecule has 0 bridgehead atoms. The predicted octanol–water partition coefficient (Wildman–Crippen LogP) is 4.47. The number of rotatable bonds is 5. The number of hydrogen-bond donors (Lipinski definition) is 1. The number of nitrogens with zero attached hydrogens (tertiary/aromatic N) is 2. The fourth-order valence-electron chi connectivity index (χ4n) is 5.26. The second-order valence-corrected chi connectivity index (χ2v) is 9.60. The summed E-state index contributed by atoms with van der Waals surface area (Å²) in [7, 11) is 0. The molecule has 5 heteroatoms. The molecule has 2 aromatic carbocycles. The molecular formula is C27H31N3O2. The van der Waals surface area contributed by atoms with Gasteiger partial charge >= 0.3 is 0 Å². The van der Waals surface area contributed by atoms with E-state index in [1.165, 1.54) is 11.1 Å². The van der Waals surface area contributed by atoms with Gasteiger partial charge in [0.25, 0.3) is 5.91 Å². The van der Waals surface area contributed by atoms with Crippen LogP contribution in [0, 0.1) is 6.92 Å². The molecule has 0 unspecified atom stereocenters. The normalized spacial score (nSPS) is 21.2. The number of amides is 2. The van der Waals surface area contributed by atoms with E-state index in [1.807, 2.05) is 46.7 Å². The van der Waals surface area contributed by atoms with Crippen LogP contribution in [0.4, 0.5) is 0 Å². The van der Waals surface area contributed by atoms with Crippen molar-refractivity contribution in [3.63, 3.8) is 0 Å². The highest BCUT2D eigenvalue weighted by molar-refractivity contribution is 6.03. The lowest BCUT2D eigenvalue weighted by molar-refractivity contribution is -0.133. The van der Waals surface area contributed by atoms with Crippen LogP contribution >= 0.6 is 0 Å². The summed E-state index contributed by atoms with van der Waals surface area (Å²) in [6.45, 7) is 4.98. The first-order valence-electron chi connectivity index (χ1n) is 11.7. The number of hydrogen-bond acceptors (Lipinski definition) is 2. The lowest BCUT2D eigenvalue weighted by Gasteiger charge is -2.44.